The number of ether oxygens (including phenoxy) is 1. The van der Waals surface area contributed by atoms with Crippen molar-refractivity contribution in [2.45, 2.75) is 39.2 Å². The van der Waals surface area contributed by atoms with Crippen molar-refractivity contribution in [2.24, 2.45) is 0 Å². The van der Waals surface area contributed by atoms with Crippen molar-refractivity contribution in [3.8, 4) is 5.75 Å². The van der Waals surface area contributed by atoms with Crippen molar-refractivity contribution in [1.82, 2.24) is 10.3 Å². The van der Waals surface area contributed by atoms with E-state index in [1.807, 2.05) is 20.8 Å². The zero-order valence-corrected chi connectivity index (χ0v) is 11.0. The summed E-state index contributed by atoms with van der Waals surface area (Å²) in [5.74, 6) is -2.42. The average Bonchev–Trinajstić information content (AvgIpc) is 2.37. The number of nitrogens with zero attached hydrogens (tertiary/aromatic N) is 1. The topological polar surface area (TPSA) is 34.1 Å². The predicted octanol–water partition coefficient (Wildman–Crippen LogP) is 2.79. The first-order valence-corrected chi connectivity index (χ1v) is 6.26. The lowest BCUT2D eigenvalue weighted by Crippen LogP contribution is -2.52. The van der Waals surface area contributed by atoms with E-state index in [-0.39, 0.29) is 6.54 Å². The fourth-order valence-electron chi connectivity index (χ4n) is 1.65. The fourth-order valence-corrected chi connectivity index (χ4v) is 1.65. The van der Waals surface area contributed by atoms with E-state index in [0.717, 1.165) is 5.69 Å². The molecular formula is C13H20F2N2O. The molecule has 2 rings (SSSR count). The largest absolute Gasteiger partial charge is 0.482 e. The van der Waals surface area contributed by atoms with Gasteiger partial charge in [0, 0.05) is 12.1 Å². The van der Waals surface area contributed by atoms with Crippen LogP contribution in [0.25, 0.3) is 0 Å². The normalized spacial score (nSPS) is 21.7. The summed E-state index contributed by atoms with van der Waals surface area (Å²) in [6.45, 7) is 6.07. The smallest absolute Gasteiger partial charge is 0.296 e. The van der Waals surface area contributed by atoms with Crippen LogP contribution < -0.4 is 10.1 Å². The number of nitrogens with one attached hydrogen (secondary N) is 1. The molecule has 2 heterocycles. The van der Waals surface area contributed by atoms with E-state index in [4.69, 9.17) is 4.74 Å². The van der Waals surface area contributed by atoms with E-state index in [1.54, 1.807) is 12.1 Å². The van der Waals surface area contributed by atoms with Crippen LogP contribution in [0.15, 0.2) is 18.3 Å². The van der Waals surface area contributed by atoms with Crippen LogP contribution in [0, 0.1) is 6.92 Å². The van der Waals surface area contributed by atoms with Crippen LogP contribution >= 0.6 is 0 Å². The molecule has 1 aliphatic rings. The molecule has 18 heavy (non-hydrogen) atoms. The van der Waals surface area contributed by atoms with Gasteiger partial charge >= 0.3 is 0 Å². The lowest BCUT2D eigenvalue weighted by atomic mass is 10.1. The third-order valence-corrected chi connectivity index (χ3v) is 2.58. The highest BCUT2D eigenvalue weighted by Gasteiger charge is 2.43. The van der Waals surface area contributed by atoms with Crippen LogP contribution in [0.4, 0.5) is 8.78 Å². The minimum atomic E-state index is -2.82. The summed E-state index contributed by atoms with van der Waals surface area (Å²) in [4.78, 5) is 4.01. The average molecular weight is 258 g/mol. The number of halogens is 2. The zero-order chi connectivity index (χ0) is 13.6. The van der Waals surface area contributed by atoms with Gasteiger partial charge in [0.1, 0.15) is 5.75 Å². The summed E-state index contributed by atoms with van der Waals surface area (Å²) < 4.78 is 32.1. The van der Waals surface area contributed by atoms with Crippen LogP contribution in [-0.2, 0) is 0 Å². The van der Waals surface area contributed by atoms with Gasteiger partial charge in [-0.1, -0.05) is 13.8 Å². The number of piperidine rings is 1. The molecule has 0 spiro atoms. The fraction of sp³-hybridized carbons (Fsp3) is 0.615. The minimum Gasteiger partial charge on any atom is -0.482 e. The molecule has 0 aliphatic carbocycles. The summed E-state index contributed by atoms with van der Waals surface area (Å²) in [5.41, 5.74) is 0.837. The molecule has 0 aromatic carbocycles. The molecule has 1 atom stereocenters. The number of rotatable bonds is 2. The molecule has 1 unspecified atom stereocenters. The number of aromatic nitrogens is 1. The lowest BCUT2D eigenvalue weighted by molar-refractivity contribution is -0.109. The second-order valence-electron chi connectivity index (χ2n) is 3.97. The van der Waals surface area contributed by atoms with Crippen molar-refractivity contribution in [3.63, 3.8) is 0 Å². The molecule has 1 fully saturated rings. The van der Waals surface area contributed by atoms with Crippen LogP contribution in [0.5, 0.6) is 5.75 Å². The van der Waals surface area contributed by atoms with Crippen molar-refractivity contribution >= 4 is 0 Å². The van der Waals surface area contributed by atoms with Crippen LogP contribution in [0.3, 0.4) is 0 Å². The Bertz CT molecular complexity index is 355. The number of pyridine rings is 1. The van der Waals surface area contributed by atoms with E-state index in [0.29, 0.717) is 18.7 Å². The molecule has 1 N–H and O–H groups in total. The van der Waals surface area contributed by atoms with E-state index in [2.05, 4.69) is 10.3 Å². The number of hydrogen-bond acceptors (Lipinski definition) is 3. The maximum Gasteiger partial charge on any atom is 0.296 e. The van der Waals surface area contributed by atoms with Gasteiger partial charge < -0.3 is 10.1 Å². The van der Waals surface area contributed by atoms with E-state index in [9.17, 15) is 8.78 Å². The number of aryl methyl sites for hydroxylation is 1. The molecule has 102 valence electrons. The van der Waals surface area contributed by atoms with Gasteiger partial charge in [0.15, 0.2) is 6.10 Å². The highest BCUT2D eigenvalue weighted by Crippen LogP contribution is 2.27. The minimum absolute atomic E-state index is 0.306. The Morgan fingerprint density at radius 2 is 2.11 bits per heavy atom. The second kappa shape index (κ2) is 6.64. The van der Waals surface area contributed by atoms with Gasteiger partial charge in [-0.2, -0.15) is 0 Å². The monoisotopic (exact) mass is 258 g/mol. The van der Waals surface area contributed by atoms with E-state index < -0.39 is 12.0 Å². The molecule has 1 aliphatic heterocycles. The van der Waals surface area contributed by atoms with Gasteiger partial charge in [-0.3, -0.25) is 4.98 Å². The quantitative estimate of drug-likeness (QED) is 0.885. The molecule has 5 heteroatoms. The Morgan fingerprint density at radius 3 is 2.67 bits per heavy atom. The number of alkyl halides is 2. The summed E-state index contributed by atoms with van der Waals surface area (Å²) in [6.07, 6.45) is 0.729. The Hall–Kier alpha value is -1.23. The van der Waals surface area contributed by atoms with Gasteiger partial charge in [-0.15, -0.1) is 0 Å². The second-order valence-corrected chi connectivity index (χ2v) is 3.97. The van der Waals surface area contributed by atoms with Gasteiger partial charge in [0.2, 0.25) is 0 Å². The summed E-state index contributed by atoms with van der Waals surface area (Å²) in [7, 11) is 0. The molecule has 1 aromatic rings. The molecule has 0 bridgehead atoms. The van der Waals surface area contributed by atoms with Crippen molar-refractivity contribution in [1.29, 1.82) is 0 Å². The van der Waals surface area contributed by atoms with Crippen LogP contribution in [0.1, 0.15) is 26.0 Å². The highest BCUT2D eigenvalue weighted by atomic mass is 19.3. The Kier molecular flexibility index (Phi) is 5.47. The first-order chi connectivity index (χ1) is 8.58. The van der Waals surface area contributed by atoms with Gasteiger partial charge in [-0.05, 0) is 25.6 Å². The molecule has 0 radical (unpaired) electrons. The maximum absolute atomic E-state index is 13.4. The van der Waals surface area contributed by atoms with Gasteiger partial charge in [-0.25, -0.2) is 8.78 Å². The summed E-state index contributed by atoms with van der Waals surface area (Å²) >= 11 is 0. The Labute approximate surface area is 107 Å². The summed E-state index contributed by atoms with van der Waals surface area (Å²) in [6, 6.07) is 3.41. The SMILES string of the molecule is CC.Cc1ccc(OC2CCNCC2(F)F)cn1. The predicted molar refractivity (Wildman–Crippen MR) is 67.2 cm³/mol. The molecule has 0 amide bonds. The molecule has 3 nitrogen and oxygen atoms in total. The third-order valence-electron chi connectivity index (χ3n) is 2.58. The molecule has 1 aromatic heterocycles. The first kappa shape index (κ1) is 14.8. The third kappa shape index (κ3) is 3.91. The highest BCUT2D eigenvalue weighted by molar-refractivity contribution is 5.19. The molecule has 1 saturated heterocycles. The van der Waals surface area contributed by atoms with Crippen molar-refractivity contribution in [3.05, 3.63) is 24.0 Å². The maximum atomic E-state index is 13.4. The number of hydrogen-bond donors (Lipinski definition) is 1. The van der Waals surface area contributed by atoms with Crippen LogP contribution in [0.2, 0.25) is 0 Å². The molecular weight excluding hydrogens is 238 g/mol. The van der Waals surface area contributed by atoms with E-state index >= 15 is 0 Å². The standard InChI is InChI=1S/C11H14F2N2O.C2H6/c1-8-2-3-9(6-15-8)16-10-4-5-14-7-11(10,12)13;1-2/h2-3,6,10,14H,4-5,7H2,1H3;1-2H3. The Balaban J connectivity index is 0.000000771. The van der Waals surface area contributed by atoms with Crippen LogP contribution in [-0.4, -0.2) is 30.1 Å². The zero-order valence-electron chi connectivity index (χ0n) is 11.0. The summed E-state index contributed by atoms with van der Waals surface area (Å²) in [5, 5.41) is 2.65. The van der Waals surface area contributed by atoms with Gasteiger partial charge in [0.05, 0.1) is 12.7 Å². The first-order valence-electron chi connectivity index (χ1n) is 6.26. The Morgan fingerprint density at radius 1 is 1.39 bits per heavy atom. The van der Waals surface area contributed by atoms with E-state index in [1.165, 1.54) is 6.20 Å². The van der Waals surface area contributed by atoms with Crippen molar-refractivity contribution in [2.75, 3.05) is 13.1 Å². The molecule has 0 saturated carbocycles. The van der Waals surface area contributed by atoms with Crippen molar-refractivity contribution < 1.29 is 13.5 Å². The van der Waals surface area contributed by atoms with Gasteiger partial charge in [0.25, 0.3) is 5.92 Å². The lowest BCUT2D eigenvalue weighted by Gasteiger charge is -2.31.